The first-order chi connectivity index (χ1) is 7.49. The third-order valence-electron chi connectivity index (χ3n) is 2.77. The summed E-state index contributed by atoms with van der Waals surface area (Å²) in [6.07, 6.45) is 6.46. The molecule has 90 valence electrons. The Labute approximate surface area is 104 Å². The monoisotopic (exact) mass is 236 g/mol. The molecule has 0 bridgehead atoms. The molecule has 0 unspecified atom stereocenters. The summed E-state index contributed by atoms with van der Waals surface area (Å²) >= 11 is 1.80. The second-order valence-corrected chi connectivity index (χ2v) is 6.65. The van der Waals surface area contributed by atoms with Crippen LogP contribution >= 0.6 is 11.3 Å². The second-order valence-electron chi connectivity index (χ2n) is 5.70. The summed E-state index contributed by atoms with van der Waals surface area (Å²) in [5.41, 5.74) is 1.80. The van der Waals surface area contributed by atoms with E-state index >= 15 is 0 Å². The molecule has 0 aromatic carbocycles. The van der Waals surface area contributed by atoms with Gasteiger partial charge in [-0.05, 0) is 41.7 Å². The van der Waals surface area contributed by atoms with Gasteiger partial charge in [-0.3, -0.25) is 0 Å². The van der Waals surface area contributed by atoms with E-state index in [-0.39, 0.29) is 0 Å². The van der Waals surface area contributed by atoms with Crippen LogP contribution in [0.1, 0.15) is 57.8 Å². The average molecular weight is 236 g/mol. The van der Waals surface area contributed by atoms with Crippen molar-refractivity contribution in [2.24, 2.45) is 5.41 Å². The van der Waals surface area contributed by atoms with Crippen LogP contribution in [0.15, 0.2) is 24.1 Å². The van der Waals surface area contributed by atoms with E-state index in [1.165, 1.54) is 36.1 Å². The summed E-state index contributed by atoms with van der Waals surface area (Å²) in [6.45, 7) is 11.1. The molecule has 0 atom stereocenters. The van der Waals surface area contributed by atoms with Gasteiger partial charge in [0.05, 0.1) is 0 Å². The number of hydrogen-bond acceptors (Lipinski definition) is 1. The van der Waals surface area contributed by atoms with Crippen molar-refractivity contribution in [2.75, 3.05) is 0 Å². The molecule has 0 aliphatic heterocycles. The van der Waals surface area contributed by atoms with Gasteiger partial charge in [0.15, 0.2) is 0 Å². The van der Waals surface area contributed by atoms with Crippen LogP contribution in [0.2, 0.25) is 0 Å². The summed E-state index contributed by atoms with van der Waals surface area (Å²) in [5, 5.41) is 2.13. The Kier molecular flexibility index (Phi) is 5.27. The smallest absolute Gasteiger partial charge is 0.0296 e. The molecule has 16 heavy (non-hydrogen) atoms. The van der Waals surface area contributed by atoms with Crippen LogP contribution in [0.25, 0.3) is 5.57 Å². The predicted molar refractivity (Wildman–Crippen MR) is 75.9 cm³/mol. The van der Waals surface area contributed by atoms with Crippen LogP contribution in [0.4, 0.5) is 0 Å². The molecule has 1 aromatic rings. The van der Waals surface area contributed by atoms with Crippen molar-refractivity contribution in [1.29, 1.82) is 0 Å². The topological polar surface area (TPSA) is 0 Å². The molecule has 0 aliphatic rings. The van der Waals surface area contributed by atoms with Crippen LogP contribution in [-0.2, 0) is 0 Å². The minimum absolute atomic E-state index is 0.491. The Balaban J connectivity index is 2.10. The van der Waals surface area contributed by atoms with Crippen LogP contribution in [0.3, 0.4) is 0 Å². The third kappa shape index (κ3) is 5.50. The summed E-state index contributed by atoms with van der Waals surface area (Å²) < 4.78 is 0. The van der Waals surface area contributed by atoms with E-state index < -0.39 is 0 Å². The zero-order valence-corrected chi connectivity index (χ0v) is 11.7. The van der Waals surface area contributed by atoms with Crippen LogP contribution in [0.5, 0.6) is 0 Å². The SMILES string of the molecule is C=C(CCCCCC(C)(C)C)c1cccs1. The first-order valence-electron chi connectivity index (χ1n) is 6.21. The highest BCUT2D eigenvalue weighted by atomic mass is 32.1. The normalized spacial score (nSPS) is 11.7. The number of unbranched alkanes of at least 4 members (excludes halogenated alkanes) is 2. The summed E-state index contributed by atoms with van der Waals surface area (Å²) in [7, 11) is 0. The molecule has 0 saturated heterocycles. The number of rotatable bonds is 6. The molecule has 1 rings (SSSR count). The van der Waals surface area contributed by atoms with E-state index in [1.807, 2.05) is 0 Å². The average Bonchev–Trinajstić information content (AvgIpc) is 2.67. The fraction of sp³-hybridized carbons (Fsp3) is 0.600. The highest BCUT2D eigenvalue weighted by molar-refractivity contribution is 7.11. The van der Waals surface area contributed by atoms with Gasteiger partial charge in [-0.15, -0.1) is 11.3 Å². The largest absolute Gasteiger partial charge is 0.144 e. The number of hydrogen-bond donors (Lipinski definition) is 0. The second kappa shape index (κ2) is 6.24. The van der Waals surface area contributed by atoms with Gasteiger partial charge in [0.1, 0.15) is 0 Å². The molecule has 0 N–H and O–H groups in total. The molecule has 1 heteroatoms. The Morgan fingerprint density at radius 3 is 2.56 bits per heavy atom. The highest BCUT2D eigenvalue weighted by Crippen LogP contribution is 2.26. The standard InChI is InChI=1S/C15H24S/c1-13(14-10-8-12-16-14)9-6-5-7-11-15(2,3)4/h8,10,12H,1,5-7,9,11H2,2-4H3. The maximum atomic E-state index is 4.15. The van der Waals surface area contributed by atoms with E-state index in [9.17, 15) is 0 Å². The molecule has 0 radical (unpaired) electrons. The van der Waals surface area contributed by atoms with Gasteiger partial charge in [-0.2, -0.15) is 0 Å². The Bertz CT molecular complexity index is 301. The zero-order valence-electron chi connectivity index (χ0n) is 10.9. The lowest BCUT2D eigenvalue weighted by Gasteiger charge is -2.17. The maximum Gasteiger partial charge on any atom is 0.0296 e. The molecule has 0 fully saturated rings. The van der Waals surface area contributed by atoms with Crippen LogP contribution in [-0.4, -0.2) is 0 Å². The lowest BCUT2D eigenvalue weighted by Crippen LogP contribution is -2.03. The third-order valence-corrected chi connectivity index (χ3v) is 3.75. The van der Waals surface area contributed by atoms with Crippen molar-refractivity contribution >= 4 is 16.9 Å². The van der Waals surface area contributed by atoms with Crippen molar-refractivity contribution in [1.82, 2.24) is 0 Å². The summed E-state index contributed by atoms with van der Waals surface area (Å²) in [4.78, 5) is 1.36. The van der Waals surface area contributed by atoms with Gasteiger partial charge in [0.2, 0.25) is 0 Å². The van der Waals surface area contributed by atoms with Gasteiger partial charge in [0, 0.05) is 4.88 Å². The van der Waals surface area contributed by atoms with Gasteiger partial charge < -0.3 is 0 Å². The molecule has 0 amide bonds. The van der Waals surface area contributed by atoms with E-state index in [4.69, 9.17) is 0 Å². The van der Waals surface area contributed by atoms with Gasteiger partial charge >= 0.3 is 0 Å². The van der Waals surface area contributed by atoms with Crippen LogP contribution in [0, 0.1) is 5.41 Å². The van der Waals surface area contributed by atoms with E-state index in [2.05, 4.69) is 44.9 Å². The van der Waals surface area contributed by atoms with Crippen molar-refractivity contribution in [3.63, 3.8) is 0 Å². The Hall–Kier alpha value is -0.560. The van der Waals surface area contributed by atoms with E-state index in [0.29, 0.717) is 5.41 Å². The lowest BCUT2D eigenvalue weighted by molar-refractivity contribution is 0.358. The maximum absolute atomic E-state index is 4.15. The quantitative estimate of drug-likeness (QED) is 0.551. The van der Waals surface area contributed by atoms with Crippen molar-refractivity contribution < 1.29 is 0 Å². The predicted octanol–water partition coefficient (Wildman–Crippen LogP) is 5.76. The lowest BCUT2D eigenvalue weighted by atomic mass is 9.89. The zero-order chi connectivity index (χ0) is 12.0. The minimum Gasteiger partial charge on any atom is -0.144 e. The first kappa shape index (κ1) is 13.5. The van der Waals surface area contributed by atoms with Gasteiger partial charge in [-0.25, -0.2) is 0 Å². The van der Waals surface area contributed by atoms with E-state index in [1.54, 1.807) is 11.3 Å². The molecule has 0 spiro atoms. The minimum atomic E-state index is 0.491. The van der Waals surface area contributed by atoms with Crippen molar-refractivity contribution in [3.05, 3.63) is 29.0 Å². The first-order valence-corrected chi connectivity index (χ1v) is 7.09. The van der Waals surface area contributed by atoms with Crippen molar-refractivity contribution in [2.45, 2.75) is 52.9 Å². The molecule has 0 nitrogen and oxygen atoms in total. The highest BCUT2D eigenvalue weighted by Gasteiger charge is 2.08. The molecular weight excluding hydrogens is 212 g/mol. The number of allylic oxidation sites excluding steroid dienone is 1. The summed E-state index contributed by atoms with van der Waals surface area (Å²) in [6, 6.07) is 4.27. The van der Waals surface area contributed by atoms with E-state index in [0.717, 1.165) is 6.42 Å². The summed E-state index contributed by atoms with van der Waals surface area (Å²) in [5.74, 6) is 0. The molecule has 1 aromatic heterocycles. The Morgan fingerprint density at radius 1 is 1.25 bits per heavy atom. The Morgan fingerprint density at radius 2 is 2.00 bits per heavy atom. The fourth-order valence-electron chi connectivity index (χ4n) is 1.77. The van der Waals surface area contributed by atoms with Gasteiger partial charge in [-0.1, -0.05) is 46.3 Å². The molecular formula is C15H24S. The molecule has 0 aliphatic carbocycles. The van der Waals surface area contributed by atoms with Crippen molar-refractivity contribution in [3.8, 4) is 0 Å². The van der Waals surface area contributed by atoms with Gasteiger partial charge in [0.25, 0.3) is 0 Å². The fourth-order valence-corrected chi connectivity index (χ4v) is 2.50. The molecule has 0 saturated carbocycles. The molecule has 1 heterocycles. The number of thiophene rings is 1. The van der Waals surface area contributed by atoms with Crippen LogP contribution < -0.4 is 0 Å².